The van der Waals surface area contributed by atoms with Crippen LogP contribution in [0.2, 0.25) is 15.3 Å². The van der Waals surface area contributed by atoms with Gasteiger partial charge in [0.2, 0.25) is 0 Å². The van der Waals surface area contributed by atoms with E-state index in [1.807, 2.05) is 6.92 Å². The first-order chi connectivity index (χ1) is 9.02. The van der Waals surface area contributed by atoms with Gasteiger partial charge in [0, 0.05) is 11.1 Å². The lowest BCUT2D eigenvalue weighted by Gasteiger charge is -2.07. The summed E-state index contributed by atoms with van der Waals surface area (Å²) in [6, 6.07) is 4.31. The van der Waals surface area contributed by atoms with Gasteiger partial charge in [-0.3, -0.25) is 0 Å². The van der Waals surface area contributed by atoms with Crippen molar-refractivity contribution in [1.82, 2.24) is 9.97 Å². The smallest absolute Gasteiger partial charge is 0.162 e. The van der Waals surface area contributed by atoms with Crippen molar-refractivity contribution in [2.75, 3.05) is 0 Å². The van der Waals surface area contributed by atoms with E-state index >= 15 is 0 Å². The third-order valence-electron chi connectivity index (χ3n) is 2.58. The topological polar surface area (TPSA) is 25.8 Å². The van der Waals surface area contributed by atoms with Gasteiger partial charge < -0.3 is 0 Å². The Labute approximate surface area is 125 Å². The lowest BCUT2D eigenvalue weighted by Crippen LogP contribution is -1.98. The average Bonchev–Trinajstić information content (AvgIpc) is 2.37. The fourth-order valence-electron chi connectivity index (χ4n) is 1.65. The van der Waals surface area contributed by atoms with Crippen LogP contribution in [-0.4, -0.2) is 9.97 Å². The number of aromatic nitrogens is 2. The van der Waals surface area contributed by atoms with E-state index in [0.717, 1.165) is 6.42 Å². The molecule has 1 aromatic carbocycles. The van der Waals surface area contributed by atoms with Crippen molar-refractivity contribution in [3.8, 4) is 11.4 Å². The third kappa shape index (κ3) is 3.16. The van der Waals surface area contributed by atoms with Crippen LogP contribution in [0.15, 0.2) is 18.2 Å². The summed E-state index contributed by atoms with van der Waals surface area (Å²) in [6.45, 7) is 2.01. The molecule has 0 radical (unpaired) electrons. The molecule has 100 valence electrons. The first kappa shape index (κ1) is 14.5. The van der Waals surface area contributed by atoms with Crippen LogP contribution >= 0.6 is 34.8 Å². The van der Waals surface area contributed by atoms with Gasteiger partial charge in [-0.1, -0.05) is 48.1 Å². The van der Waals surface area contributed by atoms with Gasteiger partial charge in [-0.05, 0) is 24.6 Å². The Hall–Kier alpha value is -0.900. The van der Waals surface area contributed by atoms with E-state index < -0.39 is 5.82 Å². The van der Waals surface area contributed by atoms with Crippen LogP contribution in [0.5, 0.6) is 0 Å². The van der Waals surface area contributed by atoms with Crippen molar-refractivity contribution in [2.24, 2.45) is 0 Å². The molecule has 2 nitrogen and oxygen atoms in total. The number of nitrogens with zero attached hydrogens (tertiary/aromatic N) is 2. The Morgan fingerprint density at radius 3 is 2.26 bits per heavy atom. The van der Waals surface area contributed by atoms with E-state index in [2.05, 4.69) is 9.97 Å². The Balaban J connectivity index is 2.48. The Bertz CT molecular complexity index is 594. The Kier molecular flexibility index (Phi) is 4.61. The minimum Gasteiger partial charge on any atom is -0.216 e. The summed E-state index contributed by atoms with van der Waals surface area (Å²) in [6.07, 6.45) is 1.59. The summed E-state index contributed by atoms with van der Waals surface area (Å²) < 4.78 is 13.4. The molecule has 1 heterocycles. The molecule has 0 aliphatic rings. The van der Waals surface area contributed by atoms with Crippen molar-refractivity contribution < 1.29 is 4.39 Å². The number of benzene rings is 1. The largest absolute Gasteiger partial charge is 0.216 e. The minimum atomic E-state index is -0.535. The number of halogens is 4. The highest BCUT2D eigenvalue weighted by atomic mass is 35.5. The summed E-state index contributed by atoms with van der Waals surface area (Å²) in [5.41, 5.74) is 1.19. The van der Waals surface area contributed by atoms with Crippen molar-refractivity contribution in [3.63, 3.8) is 0 Å². The van der Waals surface area contributed by atoms with E-state index in [9.17, 15) is 4.39 Å². The molecule has 0 unspecified atom stereocenters. The van der Waals surface area contributed by atoms with Crippen molar-refractivity contribution in [1.29, 1.82) is 0 Å². The van der Waals surface area contributed by atoms with Crippen LogP contribution in [0.25, 0.3) is 11.4 Å². The molecule has 0 aliphatic heterocycles. The van der Waals surface area contributed by atoms with Gasteiger partial charge in [-0.25, -0.2) is 14.4 Å². The van der Waals surface area contributed by atoms with Crippen LogP contribution in [-0.2, 0) is 6.42 Å². The van der Waals surface area contributed by atoms with Crippen LogP contribution in [0.1, 0.15) is 18.9 Å². The second-order valence-electron chi connectivity index (χ2n) is 3.99. The van der Waals surface area contributed by atoms with E-state index in [0.29, 0.717) is 27.9 Å². The van der Waals surface area contributed by atoms with Crippen molar-refractivity contribution in [3.05, 3.63) is 44.9 Å². The van der Waals surface area contributed by atoms with E-state index in [-0.39, 0.29) is 10.8 Å². The normalized spacial score (nSPS) is 10.8. The summed E-state index contributed by atoms with van der Waals surface area (Å²) in [5.74, 6) is -0.252. The first-order valence-electron chi connectivity index (χ1n) is 5.70. The maximum atomic E-state index is 13.4. The van der Waals surface area contributed by atoms with Gasteiger partial charge in [0.15, 0.2) is 5.82 Å². The molecule has 0 aliphatic carbocycles. The second kappa shape index (κ2) is 6.04. The molecule has 6 heteroatoms. The Morgan fingerprint density at radius 2 is 1.74 bits per heavy atom. The highest BCUT2D eigenvalue weighted by Crippen LogP contribution is 2.28. The molecule has 2 rings (SSSR count). The molecule has 1 aromatic heterocycles. The first-order valence-corrected chi connectivity index (χ1v) is 6.83. The van der Waals surface area contributed by atoms with Gasteiger partial charge in [0.25, 0.3) is 0 Å². The van der Waals surface area contributed by atoms with E-state index in [1.54, 1.807) is 6.07 Å². The second-order valence-corrected chi connectivity index (χ2v) is 5.11. The Morgan fingerprint density at radius 1 is 1.11 bits per heavy atom. The summed E-state index contributed by atoms with van der Waals surface area (Å²) in [4.78, 5) is 8.31. The number of hydrogen-bond donors (Lipinski definition) is 0. The highest BCUT2D eigenvalue weighted by molar-refractivity contribution is 6.34. The van der Waals surface area contributed by atoms with Gasteiger partial charge in [0.05, 0.1) is 5.02 Å². The minimum absolute atomic E-state index is 0.0450. The molecule has 0 N–H and O–H groups in total. The molecule has 0 spiro atoms. The maximum absolute atomic E-state index is 13.4. The maximum Gasteiger partial charge on any atom is 0.162 e. The summed E-state index contributed by atoms with van der Waals surface area (Å²) in [7, 11) is 0. The van der Waals surface area contributed by atoms with Crippen LogP contribution in [0.3, 0.4) is 0 Å². The molecular weight excluding hydrogens is 310 g/mol. The third-order valence-corrected chi connectivity index (χ3v) is 3.52. The van der Waals surface area contributed by atoms with Crippen molar-refractivity contribution in [2.45, 2.75) is 19.8 Å². The van der Waals surface area contributed by atoms with Crippen LogP contribution in [0, 0.1) is 5.82 Å². The van der Waals surface area contributed by atoms with Crippen LogP contribution < -0.4 is 0 Å². The molecule has 19 heavy (non-hydrogen) atoms. The lowest BCUT2D eigenvalue weighted by atomic mass is 10.2. The monoisotopic (exact) mass is 318 g/mol. The zero-order chi connectivity index (χ0) is 14.0. The van der Waals surface area contributed by atoms with Gasteiger partial charge in [0.1, 0.15) is 16.1 Å². The molecular formula is C13H10Cl3FN2. The summed E-state index contributed by atoms with van der Waals surface area (Å²) in [5, 5.41) is 0.642. The zero-order valence-corrected chi connectivity index (χ0v) is 12.3. The van der Waals surface area contributed by atoms with E-state index in [1.165, 1.54) is 12.1 Å². The quantitative estimate of drug-likeness (QED) is 0.727. The number of rotatable bonds is 3. The van der Waals surface area contributed by atoms with Crippen molar-refractivity contribution >= 4 is 34.8 Å². The molecule has 0 atom stereocenters. The molecule has 0 saturated carbocycles. The fourth-order valence-corrected chi connectivity index (χ4v) is 2.35. The fraction of sp³-hybridized carbons (Fsp3) is 0.231. The lowest BCUT2D eigenvalue weighted by molar-refractivity contribution is 0.628. The standard InChI is InChI=1S/C13H10Cl3FN2/c1-2-3-8-11(15)18-13(19-12(8)16)7-4-5-9(14)10(17)6-7/h4-6H,2-3H2,1H3. The SMILES string of the molecule is CCCc1c(Cl)nc(-c2ccc(Cl)c(F)c2)nc1Cl. The van der Waals surface area contributed by atoms with Crippen LogP contribution in [0.4, 0.5) is 4.39 Å². The number of hydrogen-bond acceptors (Lipinski definition) is 2. The summed E-state index contributed by atoms with van der Waals surface area (Å²) >= 11 is 17.8. The molecule has 0 saturated heterocycles. The average molecular weight is 320 g/mol. The molecule has 0 fully saturated rings. The highest BCUT2D eigenvalue weighted by Gasteiger charge is 2.13. The molecule has 0 bridgehead atoms. The van der Waals surface area contributed by atoms with Gasteiger partial charge >= 0.3 is 0 Å². The molecule has 0 amide bonds. The predicted octanol–water partition coefficient (Wildman–Crippen LogP) is 5.20. The molecule has 2 aromatic rings. The zero-order valence-electron chi connectivity index (χ0n) is 10.1. The van der Waals surface area contributed by atoms with Gasteiger partial charge in [-0.15, -0.1) is 0 Å². The predicted molar refractivity (Wildman–Crippen MR) is 76.5 cm³/mol. The van der Waals surface area contributed by atoms with E-state index in [4.69, 9.17) is 34.8 Å². The van der Waals surface area contributed by atoms with Gasteiger partial charge in [-0.2, -0.15) is 0 Å².